The molecule has 22 heavy (non-hydrogen) atoms. The third-order valence-electron chi connectivity index (χ3n) is 2.88. The van der Waals surface area contributed by atoms with Crippen LogP contribution in [0.4, 0.5) is 5.69 Å². The summed E-state index contributed by atoms with van der Waals surface area (Å²) in [4.78, 5) is 11.8. The molecule has 0 aromatic heterocycles. The summed E-state index contributed by atoms with van der Waals surface area (Å²) in [5.74, 6) is 1.03. The molecule has 0 atom stereocenters. The summed E-state index contributed by atoms with van der Waals surface area (Å²) >= 11 is 1.53. The average Bonchev–Trinajstić information content (AvgIpc) is 2.56. The molecule has 0 saturated heterocycles. The van der Waals surface area contributed by atoms with Crippen LogP contribution >= 0.6 is 11.8 Å². The van der Waals surface area contributed by atoms with Crippen LogP contribution in [0.2, 0.25) is 0 Å². The Morgan fingerprint density at radius 2 is 1.86 bits per heavy atom. The van der Waals surface area contributed by atoms with Crippen molar-refractivity contribution in [3.8, 4) is 6.07 Å². The number of nitrogens with one attached hydrogen (secondary N) is 1. The zero-order chi connectivity index (χ0) is 15.6. The van der Waals surface area contributed by atoms with Crippen molar-refractivity contribution in [2.24, 2.45) is 0 Å². The molecule has 0 heterocycles. The van der Waals surface area contributed by atoms with Crippen molar-refractivity contribution in [2.45, 2.75) is 0 Å². The molecule has 0 fully saturated rings. The Morgan fingerprint density at radius 3 is 2.64 bits per heavy atom. The summed E-state index contributed by atoms with van der Waals surface area (Å²) in [6.45, 7) is 0. The van der Waals surface area contributed by atoms with E-state index >= 15 is 0 Å². The number of para-hydroxylation sites is 1. The fourth-order valence-corrected chi connectivity index (χ4v) is 2.45. The second-order valence-corrected chi connectivity index (χ2v) is 5.56. The molecule has 0 bridgehead atoms. The summed E-state index contributed by atoms with van der Waals surface area (Å²) in [6.07, 6.45) is 4.08. The normalized spacial score (nSPS) is 10.3. The Morgan fingerprint density at radius 1 is 1.14 bits per heavy atom. The predicted molar refractivity (Wildman–Crippen MR) is 92.6 cm³/mol. The van der Waals surface area contributed by atoms with Gasteiger partial charge in [-0.05, 0) is 17.7 Å². The first-order valence-corrected chi connectivity index (χ1v) is 8.03. The molecule has 0 aliphatic heterocycles. The van der Waals surface area contributed by atoms with E-state index in [1.165, 1.54) is 11.8 Å². The first kappa shape index (κ1) is 15.9. The van der Waals surface area contributed by atoms with Gasteiger partial charge in [-0.2, -0.15) is 5.26 Å². The molecule has 0 spiro atoms. The van der Waals surface area contributed by atoms with E-state index in [2.05, 4.69) is 11.4 Å². The topological polar surface area (TPSA) is 52.9 Å². The van der Waals surface area contributed by atoms with Crippen LogP contribution in [-0.2, 0) is 4.79 Å². The number of hydrogen-bond acceptors (Lipinski definition) is 3. The van der Waals surface area contributed by atoms with Crippen LogP contribution in [0, 0.1) is 11.3 Å². The molecule has 2 aromatic rings. The van der Waals surface area contributed by atoms with E-state index < -0.39 is 0 Å². The quantitative estimate of drug-likeness (QED) is 0.822. The average molecular weight is 308 g/mol. The molecule has 110 valence electrons. The van der Waals surface area contributed by atoms with E-state index in [-0.39, 0.29) is 5.91 Å². The van der Waals surface area contributed by atoms with E-state index in [0.29, 0.717) is 17.0 Å². The molecule has 2 aromatic carbocycles. The largest absolute Gasteiger partial charge is 0.324 e. The van der Waals surface area contributed by atoms with Crippen molar-refractivity contribution in [3.05, 3.63) is 71.8 Å². The summed E-state index contributed by atoms with van der Waals surface area (Å²) in [5.41, 5.74) is 2.19. The highest BCUT2D eigenvalue weighted by atomic mass is 32.2. The minimum Gasteiger partial charge on any atom is -0.324 e. The third-order valence-corrected chi connectivity index (χ3v) is 3.77. The van der Waals surface area contributed by atoms with E-state index in [1.807, 2.05) is 42.5 Å². The second-order valence-electron chi connectivity index (χ2n) is 4.53. The van der Waals surface area contributed by atoms with E-state index in [0.717, 1.165) is 11.3 Å². The van der Waals surface area contributed by atoms with Crippen LogP contribution in [0.15, 0.2) is 60.7 Å². The summed E-state index contributed by atoms with van der Waals surface area (Å²) in [6, 6.07) is 19.1. The van der Waals surface area contributed by atoms with Gasteiger partial charge in [-0.15, -0.1) is 11.8 Å². The zero-order valence-electron chi connectivity index (χ0n) is 12.0. The number of amides is 1. The molecule has 3 nitrogen and oxygen atoms in total. The highest BCUT2D eigenvalue weighted by molar-refractivity contribution is 8.00. The fourth-order valence-electron chi connectivity index (χ4n) is 1.84. The lowest BCUT2D eigenvalue weighted by atomic mass is 10.2. The Bertz CT molecular complexity index is 690. The van der Waals surface area contributed by atoms with Crippen molar-refractivity contribution < 1.29 is 4.79 Å². The fraction of sp³-hybridized carbons (Fsp3) is 0.111. The molecule has 1 amide bonds. The minimum absolute atomic E-state index is 0.0965. The van der Waals surface area contributed by atoms with Crippen LogP contribution in [0.3, 0.4) is 0 Å². The number of carbonyl (C=O) groups is 1. The van der Waals surface area contributed by atoms with Gasteiger partial charge in [0.15, 0.2) is 0 Å². The van der Waals surface area contributed by atoms with E-state index in [1.54, 1.807) is 24.3 Å². The number of nitriles is 1. The predicted octanol–water partition coefficient (Wildman–Crippen LogP) is 3.94. The SMILES string of the molecule is N#Cc1ccccc1NC(=O)CSC/C=C/c1ccccc1. The Balaban J connectivity index is 1.74. The zero-order valence-corrected chi connectivity index (χ0v) is 12.8. The molecular weight excluding hydrogens is 292 g/mol. The van der Waals surface area contributed by atoms with Gasteiger partial charge in [0.25, 0.3) is 0 Å². The van der Waals surface area contributed by atoms with Crippen LogP contribution < -0.4 is 5.32 Å². The van der Waals surface area contributed by atoms with Crippen molar-refractivity contribution >= 4 is 29.4 Å². The van der Waals surface area contributed by atoms with Gasteiger partial charge in [-0.3, -0.25) is 4.79 Å². The first-order valence-electron chi connectivity index (χ1n) is 6.88. The standard InChI is InChI=1S/C18H16N2OS/c19-13-16-10-4-5-11-17(16)20-18(21)14-22-12-6-9-15-7-2-1-3-8-15/h1-11H,12,14H2,(H,20,21)/b9-6+. The summed E-state index contributed by atoms with van der Waals surface area (Å²) in [7, 11) is 0. The highest BCUT2D eigenvalue weighted by Gasteiger charge is 2.05. The lowest BCUT2D eigenvalue weighted by Crippen LogP contribution is -2.15. The molecule has 0 unspecified atom stereocenters. The first-order chi connectivity index (χ1) is 10.8. The van der Waals surface area contributed by atoms with Crippen LogP contribution in [0.5, 0.6) is 0 Å². The smallest absolute Gasteiger partial charge is 0.234 e. The maximum Gasteiger partial charge on any atom is 0.234 e. The number of nitrogens with zero attached hydrogens (tertiary/aromatic N) is 1. The Labute approximate surface area is 134 Å². The minimum atomic E-state index is -0.0965. The number of carbonyl (C=O) groups excluding carboxylic acids is 1. The van der Waals surface area contributed by atoms with Gasteiger partial charge in [0, 0.05) is 5.75 Å². The van der Waals surface area contributed by atoms with Gasteiger partial charge in [0.2, 0.25) is 5.91 Å². The van der Waals surface area contributed by atoms with Gasteiger partial charge in [0.05, 0.1) is 17.0 Å². The summed E-state index contributed by atoms with van der Waals surface area (Å²) in [5, 5.41) is 11.7. The maximum atomic E-state index is 11.8. The molecule has 1 N–H and O–H groups in total. The van der Waals surface area contributed by atoms with Gasteiger partial charge < -0.3 is 5.32 Å². The molecule has 0 radical (unpaired) electrons. The molecule has 2 rings (SSSR count). The third kappa shape index (κ3) is 5.12. The molecule has 0 saturated carbocycles. The van der Waals surface area contributed by atoms with Crippen molar-refractivity contribution in [1.29, 1.82) is 5.26 Å². The number of rotatable bonds is 6. The van der Waals surface area contributed by atoms with E-state index in [4.69, 9.17) is 5.26 Å². The lowest BCUT2D eigenvalue weighted by molar-refractivity contribution is -0.113. The van der Waals surface area contributed by atoms with Gasteiger partial charge in [-0.25, -0.2) is 0 Å². The maximum absolute atomic E-state index is 11.8. The number of thioether (sulfide) groups is 1. The van der Waals surface area contributed by atoms with Crippen molar-refractivity contribution in [3.63, 3.8) is 0 Å². The Hall–Kier alpha value is -2.51. The van der Waals surface area contributed by atoms with Gasteiger partial charge in [0.1, 0.15) is 6.07 Å². The second kappa shape index (κ2) is 8.71. The van der Waals surface area contributed by atoms with Gasteiger partial charge >= 0.3 is 0 Å². The highest BCUT2D eigenvalue weighted by Crippen LogP contribution is 2.14. The van der Waals surface area contributed by atoms with Crippen LogP contribution in [0.25, 0.3) is 6.08 Å². The Kier molecular flexibility index (Phi) is 6.28. The van der Waals surface area contributed by atoms with Crippen molar-refractivity contribution in [2.75, 3.05) is 16.8 Å². The van der Waals surface area contributed by atoms with Crippen LogP contribution in [-0.4, -0.2) is 17.4 Å². The van der Waals surface area contributed by atoms with Crippen LogP contribution in [0.1, 0.15) is 11.1 Å². The van der Waals surface area contributed by atoms with Gasteiger partial charge in [-0.1, -0.05) is 54.6 Å². The summed E-state index contributed by atoms with van der Waals surface area (Å²) < 4.78 is 0. The number of anilines is 1. The monoisotopic (exact) mass is 308 g/mol. The van der Waals surface area contributed by atoms with E-state index in [9.17, 15) is 4.79 Å². The lowest BCUT2D eigenvalue weighted by Gasteiger charge is -2.05. The van der Waals surface area contributed by atoms with Crippen molar-refractivity contribution in [1.82, 2.24) is 0 Å². The number of hydrogen-bond donors (Lipinski definition) is 1. The number of benzene rings is 2. The molecule has 0 aliphatic carbocycles. The molecule has 0 aliphatic rings. The molecular formula is C18H16N2OS. The molecule has 4 heteroatoms.